The molecular weight excluding hydrogens is 499 g/mol. The highest BCUT2D eigenvalue weighted by Gasteiger charge is 2.51. The van der Waals surface area contributed by atoms with Gasteiger partial charge in [0.25, 0.3) is 5.91 Å². The first-order valence-electron chi connectivity index (χ1n) is 13.1. The van der Waals surface area contributed by atoms with E-state index >= 15 is 0 Å². The molecule has 3 N–H and O–H groups in total. The van der Waals surface area contributed by atoms with Crippen molar-refractivity contribution in [1.82, 2.24) is 15.3 Å². The first-order valence-corrected chi connectivity index (χ1v) is 13.9. The highest BCUT2D eigenvalue weighted by Crippen LogP contribution is 2.36. The molecule has 2 atom stereocenters. The number of carbonyl (C=O) groups excluding carboxylic acids is 1. The predicted octanol–water partition coefficient (Wildman–Crippen LogP) is 4.26. The quantitative estimate of drug-likeness (QED) is 0.436. The van der Waals surface area contributed by atoms with Crippen molar-refractivity contribution in [3.63, 3.8) is 0 Å². The lowest BCUT2D eigenvalue weighted by Crippen LogP contribution is -2.41. The Kier molecular flexibility index (Phi) is 7.34. The van der Waals surface area contributed by atoms with Gasteiger partial charge >= 0.3 is 7.12 Å². The molecule has 0 unspecified atom stereocenters. The first kappa shape index (κ1) is 26.8. The van der Waals surface area contributed by atoms with Crippen LogP contribution < -0.4 is 16.5 Å². The van der Waals surface area contributed by atoms with Crippen LogP contribution in [-0.2, 0) is 20.7 Å². The fourth-order valence-electron chi connectivity index (χ4n) is 4.78. The Balaban J connectivity index is 1.19. The summed E-state index contributed by atoms with van der Waals surface area (Å²) in [5.41, 5.74) is 8.58. The lowest BCUT2D eigenvalue weighted by atomic mass is 9.79. The third-order valence-corrected chi connectivity index (χ3v) is 8.77. The smallest absolute Gasteiger partial charge is 0.399 e. The molecule has 0 radical (unpaired) electrons. The third-order valence-electron chi connectivity index (χ3n) is 7.81. The molecule has 200 valence electrons. The second kappa shape index (κ2) is 10.4. The van der Waals surface area contributed by atoms with Crippen LogP contribution in [0.25, 0.3) is 10.4 Å². The average Bonchev–Trinajstić information content (AvgIpc) is 3.56. The number of amides is 1. The van der Waals surface area contributed by atoms with Gasteiger partial charge in [0.1, 0.15) is 5.82 Å². The number of anilines is 1. The number of nitrogens with one attached hydrogen (secondary N) is 1. The molecule has 1 amide bonds. The van der Waals surface area contributed by atoms with E-state index in [9.17, 15) is 4.79 Å². The number of hydrogen-bond donors (Lipinski definition) is 2. The number of pyridine rings is 1. The van der Waals surface area contributed by atoms with Crippen molar-refractivity contribution in [1.29, 1.82) is 0 Å². The molecule has 3 heterocycles. The first-order chi connectivity index (χ1) is 18.0. The van der Waals surface area contributed by atoms with Gasteiger partial charge in [-0.05, 0) is 71.0 Å². The van der Waals surface area contributed by atoms with Gasteiger partial charge in [-0.25, -0.2) is 9.97 Å². The molecule has 38 heavy (non-hydrogen) atoms. The van der Waals surface area contributed by atoms with E-state index in [0.717, 1.165) is 45.7 Å². The maximum absolute atomic E-state index is 13.2. The number of ether oxygens (including phenoxy) is 1. The second-order valence-electron chi connectivity index (χ2n) is 11.1. The third kappa shape index (κ3) is 5.49. The summed E-state index contributed by atoms with van der Waals surface area (Å²) in [5.74, 6) is -0.0182. The summed E-state index contributed by atoms with van der Waals surface area (Å²) in [6, 6.07) is 9.85. The van der Waals surface area contributed by atoms with E-state index in [1.165, 1.54) is 0 Å². The normalized spacial score (nSPS) is 22.1. The summed E-state index contributed by atoms with van der Waals surface area (Å²) < 4.78 is 18.6. The van der Waals surface area contributed by atoms with E-state index in [2.05, 4.69) is 43.0 Å². The number of benzene rings is 1. The Morgan fingerprint density at radius 2 is 1.84 bits per heavy atom. The molecule has 1 saturated heterocycles. The van der Waals surface area contributed by atoms with Crippen LogP contribution in [0.4, 0.5) is 5.82 Å². The number of nitrogen functional groups attached to an aromatic ring is 1. The molecule has 1 aromatic carbocycles. The van der Waals surface area contributed by atoms with Crippen LogP contribution in [0.5, 0.6) is 0 Å². The van der Waals surface area contributed by atoms with Crippen molar-refractivity contribution in [3.8, 4) is 10.4 Å². The highest BCUT2D eigenvalue weighted by molar-refractivity contribution is 7.15. The Labute approximate surface area is 228 Å². The van der Waals surface area contributed by atoms with Gasteiger partial charge in [0.2, 0.25) is 0 Å². The molecule has 8 nitrogen and oxygen atoms in total. The highest BCUT2D eigenvalue weighted by atomic mass is 32.1. The Morgan fingerprint density at radius 3 is 2.50 bits per heavy atom. The summed E-state index contributed by atoms with van der Waals surface area (Å²) in [4.78, 5) is 22.7. The number of aromatic nitrogens is 2. The van der Waals surface area contributed by atoms with E-state index in [4.69, 9.17) is 19.8 Å². The molecule has 10 heteroatoms. The van der Waals surface area contributed by atoms with Crippen LogP contribution in [0.2, 0.25) is 0 Å². The Morgan fingerprint density at radius 1 is 1.13 bits per heavy atom. The van der Waals surface area contributed by atoms with Crippen molar-refractivity contribution >= 4 is 35.6 Å². The number of nitrogens with two attached hydrogens (primary N) is 1. The van der Waals surface area contributed by atoms with E-state index < -0.39 is 0 Å². The molecule has 0 bridgehead atoms. The molecule has 1 aliphatic carbocycles. The summed E-state index contributed by atoms with van der Waals surface area (Å²) in [6.07, 6.45) is 6.15. The average molecular weight is 534 g/mol. The summed E-state index contributed by atoms with van der Waals surface area (Å²) in [5, 5.41) is 4.09. The van der Waals surface area contributed by atoms with Crippen LogP contribution in [0.1, 0.15) is 67.9 Å². The maximum Gasteiger partial charge on any atom is 0.494 e. The summed E-state index contributed by atoms with van der Waals surface area (Å²) in [7, 11) is -0.384. The minimum absolute atomic E-state index is 0.0664. The number of nitrogens with zero attached hydrogens (tertiary/aromatic N) is 2. The van der Waals surface area contributed by atoms with Crippen LogP contribution in [0.3, 0.4) is 0 Å². The van der Waals surface area contributed by atoms with Crippen LogP contribution in [0, 0.1) is 6.92 Å². The molecule has 2 aromatic heterocycles. The van der Waals surface area contributed by atoms with E-state index in [1.807, 2.05) is 31.2 Å². The maximum atomic E-state index is 13.2. The number of rotatable bonds is 7. The number of hydrogen-bond acceptors (Lipinski definition) is 8. The molecule has 0 spiro atoms. The van der Waals surface area contributed by atoms with Crippen molar-refractivity contribution in [2.45, 2.75) is 83.8 Å². The summed E-state index contributed by atoms with van der Waals surface area (Å²) in [6.45, 7) is 10.6. The van der Waals surface area contributed by atoms with E-state index in [-0.39, 0.29) is 42.2 Å². The van der Waals surface area contributed by atoms with Gasteiger partial charge in [-0.2, -0.15) is 0 Å². The van der Waals surface area contributed by atoms with Crippen molar-refractivity contribution in [2.75, 3.05) is 5.73 Å². The topological polar surface area (TPSA) is 109 Å². The predicted molar refractivity (Wildman–Crippen MR) is 150 cm³/mol. The zero-order valence-corrected chi connectivity index (χ0v) is 23.4. The molecule has 2 fully saturated rings. The van der Waals surface area contributed by atoms with E-state index in [0.29, 0.717) is 12.2 Å². The van der Waals surface area contributed by atoms with Gasteiger partial charge in [0, 0.05) is 18.0 Å². The molecular formula is C28H35BN4O4S. The van der Waals surface area contributed by atoms with Gasteiger partial charge in [0.05, 0.1) is 45.4 Å². The number of aryl methyl sites for hydroxylation is 1. The molecule has 1 aliphatic heterocycles. The number of carbonyl (C=O) groups is 1. The fourth-order valence-corrected chi connectivity index (χ4v) is 5.54. The molecule has 3 aromatic rings. The molecule has 1 saturated carbocycles. The molecule has 2 aliphatic rings. The number of thiazole rings is 1. The van der Waals surface area contributed by atoms with Crippen molar-refractivity contribution < 1.29 is 18.8 Å². The largest absolute Gasteiger partial charge is 0.494 e. The van der Waals surface area contributed by atoms with Crippen LogP contribution in [-0.4, -0.2) is 46.3 Å². The van der Waals surface area contributed by atoms with Gasteiger partial charge in [-0.3, -0.25) is 4.79 Å². The second-order valence-corrected chi connectivity index (χ2v) is 12.3. The Bertz CT molecular complexity index is 1290. The summed E-state index contributed by atoms with van der Waals surface area (Å²) >= 11 is 1.55. The van der Waals surface area contributed by atoms with Crippen molar-refractivity contribution in [2.24, 2.45) is 0 Å². The lowest BCUT2D eigenvalue weighted by molar-refractivity contribution is 0.00578. The lowest BCUT2D eigenvalue weighted by Gasteiger charge is -2.32. The van der Waals surface area contributed by atoms with Crippen LogP contribution >= 0.6 is 11.3 Å². The van der Waals surface area contributed by atoms with Crippen LogP contribution in [0.15, 0.2) is 42.7 Å². The molecule has 5 rings (SSSR count). The minimum Gasteiger partial charge on any atom is -0.399 e. The zero-order chi connectivity index (χ0) is 27.1. The monoisotopic (exact) mass is 534 g/mol. The zero-order valence-electron chi connectivity index (χ0n) is 22.6. The van der Waals surface area contributed by atoms with E-state index in [1.54, 1.807) is 29.8 Å². The van der Waals surface area contributed by atoms with Gasteiger partial charge in [0.15, 0.2) is 0 Å². The Hall–Kier alpha value is -2.79. The SMILES string of the molecule is Cc1ncc(-c2cnc(N)c(C(=O)N[C@H]3CCC[C@@H]3OCc3ccc(B4OC(C)(C)C(C)(C)O4)cc3)c2)s1. The standard InChI is InChI=1S/C28H35BN4O4S/c1-17-31-15-24(38-17)19-13-21(25(30)32-14-19)26(34)33-22-7-6-8-23(22)35-16-18-9-11-20(12-10-18)29-36-27(2,3)28(4,5)37-29/h9-15,22-23H,6-8,16H2,1-5H3,(H2,30,32)(H,33,34)/t22-,23-/m0/s1. The van der Waals surface area contributed by atoms with Gasteiger partial charge in [-0.15, -0.1) is 11.3 Å². The van der Waals surface area contributed by atoms with Gasteiger partial charge < -0.3 is 25.1 Å². The van der Waals surface area contributed by atoms with Gasteiger partial charge in [-0.1, -0.05) is 24.3 Å². The van der Waals surface area contributed by atoms with Crippen molar-refractivity contribution in [3.05, 3.63) is 58.9 Å². The fraction of sp³-hybridized carbons (Fsp3) is 0.464. The minimum atomic E-state index is -0.384.